The van der Waals surface area contributed by atoms with Gasteiger partial charge in [-0.2, -0.15) is 61.5 Å². The molecule has 3 heterocycles. The molecule has 0 radical (unpaired) electrons. The molecule has 0 fully saturated rings. The molecule has 0 aliphatic carbocycles. The average molecular weight is 833 g/mol. The van der Waals surface area contributed by atoms with Crippen LogP contribution in [0.15, 0.2) is 103 Å². The lowest BCUT2D eigenvalue weighted by molar-refractivity contribution is -0.345. The molecule has 0 bridgehead atoms. The molecule has 0 amide bonds. The molecule has 3 aliphatic heterocycles. The Morgan fingerprint density at radius 1 is 0.474 bits per heavy atom. The number of hydrogen-bond acceptors (Lipinski definition) is 10. The fourth-order valence-corrected chi connectivity index (χ4v) is 5.55. The maximum Gasteiger partial charge on any atom is 0.454 e. The number of hydrogen-bond donors (Lipinski definition) is 0. The van der Waals surface area contributed by atoms with Crippen molar-refractivity contribution in [3.05, 3.63) is 106 Å². The summed E-state index contributed by atoms with van der Waals surface area (Å²) in [6, 6.07) is 10.9. The zero-order valence-electron chi connectivity index (χ0n) is 28.1. The standard InChI is InChI=1S/C33H22F14N6O4/c34-29(35,33(45,46)47)25(15-55-13-18-1-7-21(8-2-18)26(48-49-26)30(36,37)38,16-56-14-19-3-9-22(10-4-19)27(50-51-27)31(39,40)41)17-57-24(54)20-5-11-23(12-6-20)28(52-53-28)32(42,43)44/h1-12H,13-17H2. The molecule has 306 valence electrons. The highest BCUT2D eigenvalue weighted by Crippen LogP contribution is 2.55. The Labute approximate surface area is 309 Å². The number of rotatable bonds is 15. The highest BCUT2D eigenvalue weighted by molar-refractivity contribution is 5.89. The molecule has 0 saturated heterocycles. The maximum absolute atomic E-state index is 15.6. The van der Waals surface area contributed by atoms with Gasteiger partial charge < -0.3 is 14.2 Å². The van der Waals surface area contributed by atoms with Crippen LogP contribution in [0.5, 0.6) is 0 Å². The average Bonchev–Trinajstić information content (AvgIpc) is 3.99. The fourth-order valence-electron chi connectivity index (χ4n) is 5.55. The highest BCUT2D eigenvalue weighted by Gasteiger charge is 2.71. The van der Waals surface area contributed by atoms with Gasteiger partial charge in [0, 0.05) is 16.7 Å². The van der Waals surface area contributed by atoms with E-state index in [-0.39, 0.29) is 11.1 Å². The minimum Gasteiger partial charge on any atom is -0.461 e. The Morgan fingerprint density at radius 3 is 1.07 bits per heavy atom. The SMILES string of the molecule is O=C(OCC(COCc1ccc(C2(C(F)(F)F)N=N2)cc1)(COCc1ccc(C2(C(F)(F)F)N=N2)cc1)C(F)(F)C(F)(F)F)c1ccc(C2(C(F)(F)F)N=N2)cc1. The number of ether oxygens (including phenoxy) is 3. The summed E-state index contributed by atoms with van der Waals surface area (Å²) in [6.45, 7) is -6.57. The first kappa shape index (κ1) is 41.5. The zero-order chi connectivity index (χ0) is 41.9. The molecule has 10 nitrogen and oxygen atoms in total. The third-order valence-electron chi connectivity index (χ3n) is 9.12. The molecule has 0 unspecified atom stereocenters. The van der Waals surface area contributed by atoms with Crippen molar-refractivity contribution in [1.82, 2.24) is 0 Å². The lowest BCUT2D eigenvalue weighted by atomic mass is 9.82. The smallest absolute Gasteiger partial charge is 0.454 e. The molecule has 0 spiro atoms. The van der Waals surface area contributed by atoms with E-state index in [0.717, 1.165) is 72.8 Å². The molecular formula is C33H22F14N6O4. The van der Waals surface area contributed by atoms with Gasteiger partial charge in [-0.05, 0) is 23.3 Å². The normalized spacial score (nSPS) is 18.1. The number of carbonyl (C=O) groups is 1. The van der Waals surface area contributed by atoms with E-state index in [2.05, 4.69) is 30.7 Å². The maximum atomic E-state index is 15.6. The molecule has 24 heteroatoms. The molecule has 0 N–H and O–H groups in total. The van der Waals surface area contributed by atoms with Gasteiger partial charge in [0.15, 0.2) is 0 Å². The largest absolute Gasteiger partial charge is 0.461 e. The third kappa shape index (κ3) is 7.55. The Hall–Kier alpha value is -5.13. The van der Waals surface area contributed by atoms with Crippen molar-refractivity contribution in [1.29, 1.82) is 0 Å². The van der Waals surface area contributed by atoms with E-state index in [1.807, 2.05) is 0 Å². The van der Waals surface area contributed by atoms with Crippen LogP contribution >= 0.6 is 0 Å². The summed E-state index contributed by atoms with van der Waals surface area (Å²) in [6.07, 6.45) is -21.1. The van der Waals surface area contributed by atoms with Crippen LogP contribution in [-0.2, 0) is 44.4 Å². The summed E-state index contributed by atoms with van der Waals surface area (Å²) in [5.74, 6) is -7.36. The van der Waals surface area contributed by atoms with Crippen LogP contribution in [0.4, 0.5) is 61.5 Å². The Morgan fingerprint density at radius 2 is 0.789 bits per heavy atom. The van der Waals surface area contributed by atoms with Crippen molar-refractivity contribution in [2.45, 2.75) is 60.8 Å². The summed E-state index contributed by atoms with van der Waals surface area (Å²) in [7, 11) is 0. The summed E-state index contributed by atoms with van der Waals surface area (Å²) in [4.78, 5) is 12.9. The van der Waals surface area contributed by atoms with Gasteiger partial charge in [-0.15, -0.1) is 30.7 Å². The van der Waals surface area contributed by atoms with E-state index in [1.54, 1.807) is 0 Å². The molecule has 6 rings (SSSR count). The van der Waals surface area contributed by atoms with Crippen molar-refractivity contribution in [3.63, 3.8) is 0 Å². The van der Waals surface area contributed by atoms with Gasteiger partial charge in [-0.25, -0.2) is 4.79 Å². The van der Waals surface area contributed by atoms with Gasteiger partial charge in [0.05, 0.1) is 32.0 Å². The molecule has 3 aromatic carbocycles. The van der Waals surface area contributed by atoms with E-state index in [0.29, 0.717) is 0 Å². The molecule has 0 saturated carbocycles. The predicted molar refractivity (Wildman–Crippen MR) is 160 cm³/mol. The first-order chi connectivity index (χ1) is 26.3. The first-order valence-corrected chi connectivity index (χ1v) is 15.9. The number of carbonyl (C=O) groups excluding carboxylic acids is 1. The summed E-state index contributed by atoms with van der Waals surface area (Å²) in [5, 5.41) is 18.1. The van der Waals surface area contributed by atoms with Gasteiger partial charge in [0.25, 0.3) is 0 Å². The van der Waals surface area contributed by atoms with Crippen LogP contribution < -0.4 is 0 Å². The molecule has 3 aliphatic rings. The fraction of sp³-hybridized carbons (Fsp3) is 0.424. The number of nitrogens with zero attached hydrogens (tertiary/aromatic N) is 6. The van der Waals surface area contributed by atoms with Gasteiger partial charge in [0.1, 0.15) is 12.0 Å². The van der Waals surface area contributed by atoms with Crippen LogP contribution in [0, 0.1) is 5.41 Å². The van der Waals surface area contributed by atoms with Crippen LogP contribution in [0.1, 0.15) is 38.2 Å². The Bertz CT molecular complexity index is 1960. The van der Waals surface area contributed by atoms with E-state index in [9.17, 15) is 57.5 Å². The van der Waals surface area contributed by atoms with Crippen LogP contribution in [0.2, 0.25) is 0 Å². The second kappa shape index (κ2) is 13.8. The highest BCUT2D eigenvalue weighted by atomic mass is 19.4. The second-order valence-electron chi connectivity index (χ2n) is 13.0. The van der Waals surface area contributed by atoms with Crippen LogP contribution in [0.3, 0.4) is 0 Å². The van der Waals surface area contributed by atoms with E-state index in [1.165, 1.54) is 0 Å². The zero-order valence-corrected chi connectivity index (χ0v) is 28.1. The van der Waals surface area contributed by atoms with Crippen LogP contribution in [-0.4, -0.2) is 56.4 Å². The summed E-state index contributed by atoms with van der Waals surface area (Å²) >= 11 is 0. The molecular weight excluding hydrogens is 810 g/mol. The quantitative estimate of drug-likeness (QED) is 0.112. The van der Waals surface area contributed by atoms with E-state index < -0.39 is 114 Å². The van der Waals surface area contributed by atoms with E-state index >= 15 is 8.78 Å². The minimum atomic E-state index is -6.37. The number of halogens is 14. The lowest BCUT2D eigenvalue weighted by Crippen LogP contribution is -2.59. The van der Waals surface area contributed by atoms with Crippen molar-refractivity contribution < 1.29 is 80.5 Å². The minimum absolute atomic E-state index is 0.0180. The van der Waals surface area contributed by atoms with E-state index in [4.69, 9.17) is 14.2 Å². The topological polar surface area (TPSA) is 119 Å². The van der Waals surface area contributed by atoms with Crippen molar-refractivity contribution >= 4 is 5.97 Å². The Balaban J connectivity index is 1.22. The summed E-state index contributed by atoms with van der Waals surface area (Å²) < 4.78 is 209. The van der Waals surface area contributed by atoms with Crippen molar-refractivity contribution in [2.24, 2.45) is 36.1 Å². The molecule has 3 aromatic rings. The summed E-state index contributed by atoms with van der Waals surface area (Å²) in [5.41, 5.74) is -14.2. The van der Waals surface area contributed by atoms with Crippen molar-refractivity contribution in [2.75, 3.05) is 19.8 Å². The van der Waals surface area contributed by atoms with Gasteiger partial charge in [0.2, 0.25) is 0 Å². The van der Waals surface area contributed by atoms with Gasteiger partial charge in [-0.3, -0.25) is 0 Å². The predicted octanol–water partition coefficient (Wildman–Crippen LogP) is 10.0. The molecule has 0 aromatic heterocycles. The second-order valence-corrected chi connectivity index (χ2v) is 13.0. The Kier molecular flexibility index (Phi) is 10.0. The van der Waals surface area contributed by atoms with Crippen LogP contribution in [0.25, 0.3) is 0 Å². The van der Waals surface area contributed by atoms with Crippen molar-refractivity contribution in [3.8, 4) is 0 Å². The number of esters is 1. The monoisotopic (exact) mass is 832 g/mol. The molecule has 0 atom stereocenters. The third-order valence-corrected chi connectivity index (χ3v) is 9.12. The van der Waals surface area contributed by atoms with Gasteiger partial charge in [-0.1, -0.05) is 60.7 Å². The number of benzene rings is 3. The van der Waals surface area contributed by atoms with Gasteiger partial charge >= 0.3 is 53.6 Å². The molecule has 57 heavy (non-hydrogen) atoms. The first-order valence-electron chi connectivity index (χ1n) is 15.9. The number of alkyl halides is 14. The lowest BCUT2D eigenvalue weighted by Gasteiger charge is -2.40.